The summed E-state index contributed by atoms with van der Waals surface area (Å²) in [5.41, 5.74) is 2.00. The minimum absolute atomic E-state index is 0.180. The lowest BCUT2D eigenvalue weighted by atomic mass is 10.1. The molecule has 0 bridgehead atoms. The molecule has 1 heterocycles. The maximum absolute atomic E-state index is 12.3. The van der Waals surface area contributed by atoms with Gasteiger partial charge in [0.1, 0.15) is 5.75 Å². The summed E-state index contributed by atoms with van der Waals surface area (Å²) < 4.78 is 10.8. The van der Waals surface area contributed by atoms with Crippen LogP contribution in [-0.4, -0.2) is 34.7 Å². The Labute approximate surface area is 164 Å². The SMILES string of the molecule is CCc1ccc(NC(=O)N(C)CCc2noc(COc3ccccc3)n2)cc1. The van der Waals surface area contributed by atoms with Gasteiger partial charge in [-0.15, -0.1) is 0 Å². The van der Waals surface area contributed by atoms with Crippen LogP contribution in [-0.2, 0) is 19.4 Å². The van der Waals surface area contributed by atoms with Gasteiger partial charge in [-0.3, -0.25) is 0 Å². The van der Waals surface area contributed by atoms with Crippen molar-refractivity contribution in [2.24, 2.45) is 0 Å². The number of nitrogens with one attached hydrogen (secondary N) is 1. The lowest BCUT2D eigenvalue weighted by Crippen LogP contribution is -2.33. The molecule has 0 aliphatic carbocycles. The van der Waals surface area contributed by atoms with Gasteiger partial charge in [0.05, 0.1) is 0 Å². The number of urea groups is 1. The maximum Gasteiger partial charge on any atom is 0.321 e. The third-order valence-corrected chi connectivity index (χ3v) is 4.25. The lowest BCUT2D eigenvalue weighted by Gasteiger charge is -2.17. The van der Waals surface area contributed by atoms with Crippen LogP contribution in [0.4, 0.5) is 10.5 Å². The van der Waals surface area contributed by atoms with E-state index in [4.69, 9.17) is 9.26 Å². The molecule has 7 heteroatoms. The van der Waals surface area contributed by atoms with E-state index < -0.39 is 0 Å². The number of aromatic nitrogens is 2. The van der Waals surface area contributed by atoms with E-state index in [0.717, 1.165) is 17.9 Å². The number of hydrogen-bond acceptors (Lipinski definition) is 5. The number of hydrogen-bond donors (Lipinski definition) is 1. The van der Waals surface area contributed by atoms with Gasteiger partial charge < -0.3 is 19.5 Å². The number of benzene rings is 2. The van der Waals surface area contributed by atoms with E-state index in [-0.39, 0.29) is 12.6 Å². The summed E-state index contributed by atoms with van der Waals surface area (Å²) in [6.45, 7) is 2.77. The van der Waals surface area contributed by atoms with E-state index >= 15 is 0 Å². The molecule has 0 saturated carbocycles. The molecule has 7 nitrogen and oxygen atoms in total. The van der Waals surface area contributed by atoms with Gasteiger partial charge in [0.15, 0.2) is 12.4 Å². The van der Waals surface area contributed by atoms with Crippen molar-refractivity contribution >= 4 is 11.7 Å². The Kier molecular flexibility index (Phi) is 6.62. The first-order valence-electron chi connectivity index (χ1n) is 9.24. The number of carbonyl (C=O) groups is 1. The molecule has 0 saturated heterocycles. The van der Waals surface area contributed by atoms with Crippen molar-refractivity contribution in [3.63, 3.8) is 0 Å². The van der Waals surface area contributed by atoms with Gasteiger partial charge in [-0.1, -0.05) is 42.4 Å². The quantitative estimate of drug-likeness (QED) is 0.641. The van der Waals surface area contributed by atoms with Crippen molar-refractivity contribution in [2.45, 2.75) is 26.4 Å². The molecule has 0 radical (unpaired) electrons. The molecule has 2 amide bonds. The van der Waals surface area contributed by atoms with Crippen molar-refractivity contribution in [1.82, 2.24) is 15.0 Å². The molecular formula is C21H24N4O3. The van der Waals surface area contributed by atoms with Crippen LogP contribution < -0.4 is 10.1 Å². The van der Waals surface area contributed by atoms with Crippen LogP contribution in [0.15, 0.2) is 59.1 Å². The standard InChI is InChI=1S/C21H24N4O3/c1-3-16-9-11-17(12-10-16)22-21(26)25(2)14-13-19-23-20(28-24-19)15-27-18-7-5-4-6-8-18/h4-12H,3,13-15H2,1-2H3,(H,22,26). The monoisotopic (exact) mass is 380 g/mol. The number of anilines is 1. The third kappa shape index (κ3) is 5.57. The Morgan fingerprint density at radius 1 is 1.14 bits per heavy atom. The predicted octanol–water partition coefficient (Wildman–Crippen LogP) is 3.92. The number of aryl methyl sites for hydroxylation is 1. The van der Waals surface area contributed by atoms with E-state index in [9.17, 15) is 4.79 Å². The Morgan fingerprint density at radius 2 is 1.89 bits per heavy atom. The first kappa shape index (κ1) is 19.4. The van der Waals surface area contributed by atoms with E-state index in [0.29, 0.717) is 24.7 Å². The summed E-state index contributed by atoms with van der Waals surface area (Å²) in [5, 5.41) is 6.81. The van der Waals surface area contributed by atoms with Crippen LogP contribution in [0.3, 0.4) is 0 Å². The molecule has 0 unspecified atom stereocenters. The Morgan fingerprint density at radius 3 is 2.61 bits per heavy atom. The highest BCUT2D eigenvalue weighted by Crippen LogP contribution is 2.12. The number of likely N-dealkylation sites (N-methyl/N-ethyl adjacent to an activating group) is 1. The number of ether oxygens (including phenoxy) is 1. The molecular weight excluding hydrogens is 356 g/mol. The summed E-state index contributed by atoms with van der Waals surface area (Å²) in [6, 6.07) is 17.1. The number of para-hydroxylation sites is 1. The van der Waals surface area contributed by atoms with Gasteiger partial charge >= 0.3 is 6.03 Å². The van der Waals surface area contributed by atoms with Crippen LogP contribution in [0.2, 0.25) is 0 Å². The molecule has 0 aliphatic rings. The van der Waals surface area contributed by atoms with E-state index in [1.165, 1.54) is 5.56 Å². The van der Waals surface area contributed by atoms with Gasteiger partial charge in [-0.2, -0.15) is 4.98 Å². The topological polar surface area (TPSA) is 80.5 Å². The number of amides is 2. The summed E-state index contributed by atoms with van der Waals surface area (Å²) in [5.74, 6) is 1.69. The van der Waals surface area contributed by atoms with E-state index in [1.54, 1.807) is 11.9 Å². The molecule has 1 aromatic heterocycles. The molecule has 0 fully saturated rings. The van der Waals surface area contributed by atoms with Crippen molar-refractivity contribution in [3.05, 3.63) is 71.9 Å². The lowest BCUT2D eigenvalue weighted by molar-refractivity contribution is 0.222. The second-order valence-corrected chi connectivity index (χ2v) is 6.36. The summed E-state index contributed by atoms with van der Waals surface area (Å²) in [6.07, 6.45) is 1.46. The number of nitrogens with zero attached hydrogens (tertiary/aromatic N) is 3. The minimum atomic E-state index is -0.180. The predicted molar refractivity (Wildman–Crippen MR) is 106 cm³/mol. The molecule has 1 N–H and O–H groups in total. The third-order valence-electron chi connectivity index (χ3n) is 4.25. The summed E-state index contributed by atoms with van der Waals surface area (Å²) in [7, 11) is 1.73. The molecule has 146 valence electrons. The molecule has 0 aliphatic heterocycles. The average Bonchev–Trinajstić information content (AvgIpc) is 3.19. The fourth-order valence-corrected chi connectivity index (χ4v) is 2.52. The molecule has 28 heavy (non-hydrogen) atoms. The fourth-order valence-electron chi connectivity index (χ4n) is 2.52. The van der Waals surface area contributed by atoms with Crippen LogP contribution in [0.1, 0.15) is 24.2 Å². The molecule has 0 spiro atoms. The second kappa shape index (κ2) is 9.55. The van der Waals surface area contributed by atoms with Crippen molar-refractivity contribution < 1.29 is 14.1 Å². The van der Waals surface area contributed by atoms with Crippen molar-refractivity contribution in [3.8, 4) is 5.75 Å². The molecule has 0 atom stereocenters. The first-order valence-corrected chi connectivity index (χ1v) is 9.24. The maximum atomic E-state index is 12.3. The smallest absolute Gasteiger partial charge is 0.321 e. The normalized spacial score (nSPS) is 10.5. The highest BCUT2D eigenvalue weighted by atomic mass is 16.5. The van der Waals surface area contributed by atoms with Gasteiger partial charge in [0.25, 0.3) is 5.89 Å². The van der Waals surface area contributed by atoms with Crippen LogP contribution in [0.25, 0.3) is 0 Å². The average molecular weight is 380 g/mol. The van der Waals surface area contributed by atoms with Gasteiger partial charge in [0.2, 0.25) is 0 Å². The van der Waals surface area contributed by atoms with Gasteiger partial charge in [-0.25, -0.2) is 4.79 Å². The van der Waals surface area contributed by atoms with Crippen molar-refractivity contribution in [1.29, 1.82) is 0 Å². The van der Waals surface area contributed by atoms with Crippen LogP contribution >= 0.6 is 0 Å². The Hall–Kier alpha value is -3.35. The molecule has 3 aromatic rings. The molecule has 3 rings (SSSR count). The van der Waals surface area contributed by atoms with E-state index in [2.05, 4.69) is 22.4 Å². The largest absolute Gasteiger partial charge is 0.484 e. The van der Waals surface area contributed by atoms with Gasteiger partial charge in [0, 0.05) is 25.7 Å². The summed E-state index contributed by atoms with van der Waals surface area (Å²) in [4.78, 5) is 18.2. The Balaban J connectivity index is 1.44. The van der Waals surface area contributed by atoms with Crippen molar-refractivity contribution in [2.75, 3.05) is 18.9 Å². The number of carbonyl (C=O) groups excluding carboxylic acids is 1. The van der Waals surface area contributed by atoms with Crippen LogP contribution in [0.5, 0.6) is 5.75 Å². The van der Waals surface area contributed by atoms with Crippen LogP contribution in [0, 0.1) is 0 Å². The second-order valence-electron chi connectivity index (χ2n) is 6.36. The molecule has 2 aromatic carbocycles. The zero-order chi connectivity index (χ0) is 19.8. The number of rotatable bonds is 8. The zero-order valence-corrected chi connectivity index (χ0v) is 16.1. The first-order chi connectivity index (χ1) is 13.6. The van der Waals surface area contributed by atoms with E-state index in [1.807, 2.05) is 54.6 Å². The summed E-state index contributed by atoms with van der Waals surface area (Å²) >= 11 is 0. The Bertz CT molecular complexity index is 878. The van der Waals surface area contributed by atoms with Gasteiger partial charge in [-0.05, 0) is 36.2 Å². The fraction of sp³-hybridized carbons (Fsp3) is 0.286. The highest BCUT2D eigenvalue weighted by molar-refractivity contribution is 5.89. The minimum Gasteiger partial charge on any atom is -0.484 e. The highest BCUT2D eigenvalue weighted by Gasteiger charge is 2.12. The zero-order valence-electron chi connectivity index (χ0n) is 16.1.